The van der Waals surface area contributed by atoms with Crippen LogP contribution >= 0.6 is 11.3 Å². The van der Waals surface area contributed by atoms with Crippen LogP contribution in [0.5, 0.6) is 5.75 Å². The van der Waals surface area contributed by atoms with Gasteiger partial charge in [0.1, 0.15) is 16.6 Å². The molecule has 0 aliphatic heterocycles. The van der Waals surface area contributed by atoms with Crippen LogP contribution in [0.25, 0.3) is 0 Å². The number of carbonyl (C=O) groups excluding carboxylic acids is 1. The number of thiophene rings is 1. The molecule has 0 atom stereocenters. The zero-order valence-corrected chi connectivity index (χ0v) is 18.0. The van der Waals surface area contributed by atoms with Crippen LogP contribution in [0.4, 0.5) is 11.4 Å². The molecule has 0 radical (unpaired) electrons. The standard InChI is InChI=1S/C20H18N2O7S2/c1-21(31(26,27)20-6-3-11-30-20)16-7-9-18(10-8-16)28-14-19(23)29-13-15-4-2-5-17(12-15)22(24)25/h2-12H,13-14H2,1H3. The summed E-state index contributed by atoms with van der Waals surface area (Å²) in [4.78, 5) is 22.1. The fourth-order valence-electron chi connectivity index (χ4n) is 2.54. The summed E-state index contributed by atoms with van der Waals surface area (Å²) in [6.07, 6.45) is 0. The summed E-state index contributed by atoms with van der Waals surface area (Å²) in [6.45, 7) is -0.480. The maximum Gasteiger partial charge on any atom is 0.344 e. The van der Waals surface area contributed by atoms with E-state index in [1.807, 2.05) is 0 Å². The molecule has 0 bridgehead atoms. The number of esters is 1. The third kappa shape index (κ3) is 5.58. The van der Waals surface area contributed by atoms with Crippen molar-refractivity contribution in [3.63, 3.8) is 0 Å². The van der Waals surface area contributed by atoms with Gasteiger partial charge in [-0.15, -0.1) is 11.3 Å². The molecule has 3 aromatic rings. The molecule has 1 heterocycles. The third-order valence-electron chi connectivity index (χ3n) is 4.19. The lowest BCUT2D eigenvalue weighted by atomic mass is 10.2. The Morgan fingerprint density at radius 2 is 1.87 bits per heavy atom. The Labute approximate surface area is 182 Å². The second kappa shape index (κ2) is 9.58. The summed E-state index contributed by atoms with van der Waals surface area (Å²) in [5.74, 6) is -0.286. The van der Waals surface area contributed by atoms with E-state index in [1.54, 1.807) is 41.8 Å². The predicted octanol–water partition coefficient (Wildman–Crippen LogP) is 3.60. The van der Waals surface area contributed by atoms with E-state index < -0.39 is 20.9 Å². The Bertz CT molecular complexity index is 1160. The highest BCUT2D eigenvalue weighted by atomic mass is 32.2. The van der Waals surface area contributed by atoms with Gasteiger partial charge in [0.2, 0.25) is 0 Å². The number of rotatable bonds is 9. The lowest BCUT2D eigenvalue weighted by molar-refractivity contribution is -0.384. The molecule has 1 aromatic heterocycles. The van der Waals surface area contributed by atoms with Gasteiger partial charge in [-0.05, 0) is 41.3 Å². The van der Waals surface area contributed by atoms with Crippen molar-refractivity contribution < 1.29 is 27.6 Å². The van der Waals surface area contributed by atoms with E-state index in [0.717, 1.165) is 15.6 Å². The summed E-state index contributed by atoms with van der Waals surface area (Å²) >= 11 is 1.13. The Morgan fingerprint density at radius 3 is 2.52 bits per heavy atom. The first kappa shape index (κ1) is 22.2. The maximum atomic E-state index is 12.5. The summed E-state index contributed by atoms with van der Waals surface area (Å²) < 4.78 is 36.9. The first-order valence-electron chi connectivity index (χ1n) is 8.91. The van der Waals surface area contributed by atoms with Crippen LogP contribution < -0.4 is 9.04 Å². The van der Waals surface area contributed by atoms with Crippen molar-refractivity contribution in [2.75, 3.05) is 18.0 Å². The van der Waals surface area contributed by atoms with E-state index in [2.05, 4.69) is 0 Å². The Kier molecular flexibility index (Phi) is 6.88. The minimum absolute atomic E-state index is 0.0871. The average Bonchev–Trinajstić information content (AvgIpc) is 3.32. The van der Waals surface area contributed by atoms with E-state index in [1.165, 1.54) is 31.3 Å². The Balaban J connectivity index is 1.52. The van der Waals surface area contributed by atoms with Crippen molar-refractivity contribution in [2.24, 2.45) is 0 Å². The number of nitro groups is 1. The minimum atomic E-state index is -3.63. The molecule has 0 saturated heterocycles. The molecule has 0 amide bonds. The van der Waals surface area contributed by atoms with Crippen LogP contribution in [-0.4, -0.2) is 33.0 Å². The maximum absolute atomic E-state index is 12.5. The number of hydrogen-bond acceptors (Lipinski definition) is 8. The van der Waals surface area contributed by atoms with Crippen molar-refractivity contribution in [2.45, 2.75) is 10.8 Å². The number of nitrogens with zero attached hydrogens (tertiary/aromatic N) is 2. The molecule has 9 nitrogen and oxygen atoms in total. The highest BCUT2D eigenvalue weighted by molar-refractivity contribution is 7.94. The van der Waals surface area contributed by atoms with E-state index in [9.17, 15) is 23.3 Å². The van der Waals surface area contributed by atoms with Crippen molar-refractivity contribution in [3.8, 4) is 5.75 Å². The molecule has 0 saturated carbocycles. The molecular formula is C20H18N2O7S2. The van der Waals surface area contributed by atoms with Gasteiger partial charge in [0, 0.05) is 19.2 Å². The zero-order valence-electron chi connectivity index (χ0n) is 16.3. The van der Waals surface area contributed by atoms with Crippen LogP contribution in [-0.2, 0) is 26.2 Å². The van der Waals surface area contributed by atoms with Crippen LogP contribution in [0.1, 0.15) is 5.56 Å². The number of benzene rings is 2. The fraction of sp³-hybridized carbons (Fsp3) is 0.150. The summed E-state index contributed by atoms with van der Waals surface area (Å²) in [6, 6.07) is 15.2. The normalized spacial score (nSPS) is 11.0. The number of hydrogen-bond donors (Lipinski definition) is 0. The van der Waals surface area contributed by atoms with Gasteiger partial charge >= 0.3 is 5.97 Å². The lowest BCUT2D eigenvalue weighted by Gasteiger charge is -2.18. The van der Waals surface area contributed by atoms with Crippen molar-refractivity contribution >= 4 is 38.7 Å². The molecule has 0 N–H and O–H groups in total. The minimum Gasteiger partial charge on any atom is -0.482 e. The monoisotopic (exact) mass is 462 g/mol. The van der Waals surface area contributed by atoms with Crippen molar-refractivity contribution in [1.29, 1.82) is 0 Å². The quantitative estimate of drug-likeness (QED) is 0.271. The molecule has 162 valence electrons. The highest BCUT2D eigenvalue weighted by Gasteiger charge is 2.22. The molecule has 11 heteroatoms. The smallest absolute Gasteiger partial charge is 0.344 e. The van der Waals surface area contributed by atoms with E-state index in [0.29, 0.717) is 17.0 Å². The van der Waals surface area contributed by atoms with Gasteiger partial charge in [-0.25, -0.2) is 13.2 Å². The van der Waals surface area contributed by atoms with Gasteiger partial charge in [0.15, 0.2) is 6.61 Å². The second-order valence-electron chi connectivity index (χ2n) is 6.27. The molecule has 0 aliphatic rings. The fourth-order valence-corrected chi connectivity index (χ4v) is 4.90. The lowest BCUT2D eigenvalue weighted by Crippen LogP contribution is -2.25. The van der Waals surface area contributed by atoms with Gasteiger partial charge < -0.3 is 9.47 Å². The number of non-ortho nitro benzene ring substituents is 1. The first-order chi connectivity index (χ1) is 14.8. The van der Waals surface area contributed by atoms with E-state index in [4.69, 9.17) is 9.47 Å². The third-order valence-corrected chi connectivity index (χ3v) is 7.35. The first-order valence-corrected chi connectivity index (χ1v) is 11.2. The molecule has 31 heavy (non-hydrogen) atoms. The molecule has 3 rings (SSSR count). The largest absolute Gasteiger partial charge is 0.482 e. The zero-order chi connectivity index (χ0) is 22.4. The van der Waals surface area contributed by atoms with Gasteiger partial charge in [-0.2, -0.15) is 0 Å². The van der Waals surface area contributed by atoms with Crippen LogP contribution in [0.2, 0.25) is 0 Å². The highest BCUT2D eigenvalue weighted by Crippen LogP contribution is 2.26. The van der Waals surface area contributed by atoms with Gasteiger partial charge in [0.25, 0.3) is 15.7 Å². The van der Waals surface area contributed by atoms with Crippen LogP contribution in [0.3, 0.4) is 0 Å². The number of ether oxygens (including phenoxy) is 2. The van der Waals surface area contributed by atoms with E-state index in [-0.39, 0.29) is 23.1 Å². The van der Waals surface area contributed by atoms with Crippen LogP contribution in [0, 0.1) is 10.1 Å². The van der Waals surface area contributed by atoms with Gasteiger partial charge in [-0.1, -0.05) is 18.2 Å². The van der Waals surface area contributed by atoms with Crippen molar-refractivity contribution in [1.82, 2.24) is 0 Å². The molecule has 0 aliphatic carbocycles. The summed E-state index contributed by atoms with van der Waals surface area (Å²) in [7, 11) is -2.18. The number of carbonyl (C=O) groups is 1. The Morgan fingerprint density at radius 1 is 1.13 bits per heavy atom. The molecule has 0 unspecified atom stereocenters. The van der Waals surface area contributed by atoms with Gasteiger partial charge in [-0.3, -0.25) is 14.4 Å². The van der Waals surface area contributed by atoms with Gasteiger partial charge in [0.05, 0.1) is 10.6 Å². The number of sulfonamides is 1. The average molecular weight is 463 g/mol. The molecule has 0 spiro atoms. The molecule has 2 aromatic carbocycles. The summed E-state index contributed by atoms with van der Waals surface area (Å²) in [5.41, 5.74) is 0.840. The number of nitro benzene ring substituents is 1. The second-order valence-corrected chi connectivity index (χ2v) is 9.42. The van der Waals surface area contributed by atoms with Crippen LogP contribution in [0.15, 0.2) is 70.3 Å². The Hall–Kier alpha value is -3.44. The van der Waals surface area contributed by atoms with E-state index >= 15 is 0 Å². The SMILES string of the molecule is CN(c1ccc(OCC(=O)OCc2cccc([N+](=O)[O-])c2)cc1)S(=O)(=O)c1cccs1. The number of anilines is 1. The van der Waals surface area contributed by atoms with Crippen molar-refractivity contribution in [3.05, 3.63) is 81.7 Å². The summed E-state index contributed by atoms with van der Waals surface area (Å²) in [5, 5.41) is 12.5. The topological polar surface area (TPSA) is 116 Å². The predicted molar refractivity (Wildman–Crippen MR) is 115 cm³/mol. The molecular weight excluding hydrogens is 444 g/mol. The molecule has 0 fully saturated rings.